The summed E-state index contributed by atoms with van der Waals surface area (Å²) in [4.78, 5) is 1.06. The van der Waals surface area contributed by atoms with Crippen LogP contribution in [-0.4, -0.2) is 18.5 Å². The van der Waals surface area contributed by atoms with Crippen molar-refractivity contribution in [3.05, 3.63) is 18.2 Å². The molecule has 0 spiro atoms. The molecule has 0 radical (unpaired) electrons. The van der Waals surface area contributed by atoms with Crippen LogP contribution in [0.5, 0.6) is 11.5 Å². The second-order valence-electron chi connectivity index (χ2n) is 3.80. The average Bonchev–Trinajstić information content (AvgIpc) is 2.60. The summed E-state index contributed by atoms with van der Waals surface area (Å²) in [5.74, 6) is 1.59. The summed E-state index contributed by atoms with van der Waals surface area (Å²) in [6, 6.07) is 8.16. The van der Waals surface area contributed by atoms with E-state index < -0.39 is 0 Å². The first-order valence-corrected chi connectivity index (χ1v) is 6.67. The van der Waals surface area contributed by atoms with Gasteiger partial charge in [0.1, 0.15) is 0 Å². The Morgan fingerprint density at radius 2 is 2.12 bits per heavy atom. The largest absolute Gasteiger partial charge is 0.490 e. The minimum absolute atomic E-state index is 0.000235. The fraction of sp³-hybridized carbons (Fsp3) is 0.462. The molecule has 90 valence electrons. The van der Waals surface area contributed by atoms with Gasteiger partial charge in [0.25, 0.3) is 0 Å². The van der Waals surface area contributed by atoms with Crippen molar-refractivity contribution in [1.82, 2.24) is 0 Å². The van der Waals surface area contributed by atoms with E-state index in [4.69, 9.17) is 14.7 Å². The molecule has 0 saturated heterocycles. The van der Waals surface area contributed by atoms with Crippen molar-refractivity contribution >= 4 is 11.8 Å². The Morgan fingerprint density at radius 1 is 1.35 bits per heavy atom. The molecule has 2 rings (SSSR count). The first-order chi connectivity index (χ1) is 8.33. The Labute approximate surface area is 106 Å². The summed E-state index contributed by atoms with van der Waals surface area (Å²) in [7, 11) is 0. The SMILES string of the molecule is CCC(C#N)Sc1ccc2c(c1)OCCCO2. The molecule has 0 aliphatic carbocycles. The summed E-state index contributed by atoms with van der Waals surface area (Å²) < 4.78 is 11.2. The number of thioether (sulfide) groups is 1. The number of hydrogen-bond acceptors (Lipinski definition) is 4. The minimum atomic E-state index is -0.000235. The van der Waals surface area contributed by atoms with Crippen molar-refractivity contribution < 1.29 is 9.47 Å². The zero-order valence-corrected chi connectivity index (χ0v) is 10.6. The van der Waals surface area contributed by atoms with Gasteiger partial charge in [-0.15, -0.1) is 11.8 Å². The topological polar surface area (TPSA) is 42.2 Å². The van der Waals surface area contributed by atoms with E-state index >= 15 is 0 Å². The Kier molecular flexibility index (Phi) is 4.16. The molecule has 1 aromatic carbocycles. The molecule has 0 aromatic heterocycles. The Bertz CT molecular complexity index is 428. The molecule has 1 heterocycles. The molecule has 1 aliphatic rings. The van der Waals surface area contributed by atoms with Crippen LogP contribution in [0.4, 0.5) is 0 Å². The standard InChI is InChI=1S/C13H15NO2S/c1-2-10(9-14)17-11-4-5-12-13(8-11)16-7-3-6-15-12/h4-5,8,10H,2-3,6-7H2,1H3. The van der Waals surface area contributed by atoms with Gasteiger partial charge in [-0.1, -0.05) is 6.92 Å². The van der Waals surface area contributed by atoms with Gasteiger partial charge < -0.3 is 9.47 Å². The van der Waals surface area contributed by atoms with Crippen LogP contribution in [0.2, 0.25) is 0 Å². The van der Waals surface area contributed by atoms with Crippen LogP contribution in [-0.2, 0) is 0 Å². The molecule has 17 heavy (non-hydrogen) atoms. The van der Waals surface area contributed by atoms with Crippen molar-refractivity contribution in [2.24, 2.45) is 0 Å². The van der Waals surface area contributed by atoms with E-state index in [0.29, 0.717) is 13.2 Å². The zero-order chi connectivity index (χ0) is 12.1. The van der Waals surface area contributed by atoms with Gasteiger partial charge in [-0.2, -0.15) is 5.26 Å². The molecule has 0 N–H and O–H groups in total. The molecule has 1 aliphatic heterocycles. The van der Waals surface area contributed by atoms with Crippen molar-refractivity contribution in [3.63, 3.8) is 0 Å². The molecule has 4 heteroatoms. The Hall–Kier alpha value is -1.34. The van der Waals surface area contributed by atoms with Gasteiger partial charge >= 0.3 is 0 Å². The van der Waals surface area contributed by atoms with Gasteiger partial charge in [-0.25, -0.2) is 0 Å². The van der Waals surface area contributed by atoms with Gasteiger partial charge in [-0.3, -0.25) is 0 Å². The third kappa shape index (κ3) is 3.07. The van der Waals surface area contributed by atoms with E-state index in [-0.39, 0.29) is 5.25 Å². The van der Waals surface area contributed by atoms with E-state index in [9.17, 15) is 0 Å². The Balaban J connectivity index is 2.15. The zero-order valence-electron chi connectivity index (χ0n) is 9.81. The number of fused-ring (bicyclic) bond motifs is 1. The fourth-order valence-corrected chi connectivity index (χ4v) is 2.45. The van der Waals surface area contributed by atoms with Crippen LogP contribution in [0, 0.1) is 11.3 Å². The van der Waals surface area contributed by atoms with Crippen LogP contribution < -0.4 is 9.47 Å². The lowest BCUT2D eigenvalue weighted by Crippen LogP contribution is -1.97. The molecule has 1 atom stereocenters. The van der Waals surface area contributed by atoms with Crippen LogP contribution in [0.1, 0.15) is 19.8 Å². The maximum atomic E-state index is 8.94. The molecule has 3 nitrogen and oxygen atoms in total. The highest BCUT2D eigenvalue weighted by molar-refractivity contribution is 8.00. The first kappa shape index (κ1) is 12.1. The number of rotatable bonds is 3. The maximum Gasteiger partial charge on any atom is 0.162 e. The number of nitriles is 1. The second-order valence-corrected chi connectivity index (χ2v) is 5.08. The summed E-state index contributed by atoms with van der Waals surface area (Å²) in [5.41, 5.74) is 0. The summed E-state index contributed by atoms with van der Waals surface area (Å²) in [6.45, 7) is 3.41. The van der Waals surface area contributed by atoms with Crippen LogP contribution in [0.25, 0.3) is 0 Å². The minimum Gasteiger partial charge on any atom is -0.490 e. The molecular weight excluding hydrogens is 234 g/mol. The molecule has 0 bridgehead atoms. The predicted molar refractivity (Wildman–Crippen MR) is 67.6 cm³/mol. The monoisotopic (exact) mass is 249 g/mol. The molecule has 1 aromatic rings. The maximum absolute atomic E-state index is 8.94. The van der Waals surface area contributed by atoms with Crippen molar-refractivity contribution in [1.29, 1.82) is 5.26 Å². The number of benzene rings is 1. The van der Waals surface area contributed by atoms with Crippen LogP contribution in [0.15, 0.2) is 23.1 Å². The van der Waals surface area contributed by atoms with Crippen LogP contribution in [0.3, 0.4) is 0 Å². The average molecular weight is 249 g/mol. The lowest BCUT2D eigenvalue weighted by molar-refractivity contribution is 0.297. The van der Waals surface area contributed by atoms with Gasteiger partial charge in [-0.05, 0) is 24.6 Å². The highest BCUT2D eigenvalue weighted by atomic mass is 32.2. The predicted octanol–water partition coefficient (Wildman–Crippen LogP) is 3.24. The first-order valence-electron chi connectivity index (χ1n) is 5.79. The molecule has 1 unspecified atom stereocenters. The lowest BCUT2D eigenvalue weighted by Gasteiger charge is -2.10. The third-order valence-corrected chi connectivity index (χ3v) is 3.76. The summed E-state index contributed by atoms with van der Waals surface area (Å²) in [6.07, 6.45) is 1.75. The van der Waals surface area contributed by atoms with E-state index in [0.717, 1.165) is 29.2 Å². The highest BCUT2D eigenvalue weighted by Crippen LogP contribution is 2.35. The van der Waals surface area contributed by atoms with Crippen LogP contribution >= 0.6 is 11.8 Å². The van der Waals surface area contributed by atoms with Gasteiger partial charge in [0.05, 0.1) is 24.5 Å². The van der Waals surface area contributed by atoms with Gasteiger partial charge in [0, 0.05) is 11.3 Å². The van der Waals surface area contributed by atoms with Crippen molar-refractivity contribution in [2.75, 3.05) is 13.2 Å². The van der Waals surface area contributed by atoms with Crippen molar-refractivity contribution in [3.8, 4) is 17.6 Å². The molecular formula is C13H15NO2S. The lowest BCUT2D eigenvalue weighted by atomic mass is 10.3. The number of ether oxygens (including phenoxy) is 2. The van der Waals surface area contributed by atoms with E-state index in [1.165, 1.54) is 0 Å². The highest BCUT2D eigenvalue weighted by Gasteiger charge is 2.13. The fourth-order valence-electron chi connectivity index (χ4n) is 1.58. The second kappa shape index (κ2) is 5.83. The van der Waals surface area contributed by atoms with E-state index in [1.54, 1.807) is 11.8 Å². The van der Waals surface area contributed by atoms with E-state index in [2.05, 4.69) is 6.07 Å². The van der Waals surface area contributed by atoms with Gasteiger partial charge in [0.2, 0.25) is 0 Å². The number of nitrogens with zero attached hydrogens (tertiary/aromatic N) is 1. The smallest absolute Gasteiger partial charge is 0.162 e. The molecule has 0 saturated carbocycles. The van der Waals surface area contributed by atoms with E-state index in [1.807, 2.05) is 25.1 Å². The third-order valence-electron chi connectivity index (χ3n) is 2.51. The molecule has 0 amide bonds. The normalized spacial score (nSPS) is 15.8. The number of hydrogen-bond donors (Lipinski definition) is 0. The molecule has 0 fully saturated rings. The Morgan fingerprint density at radius 3 is 2.82 bits per heavy atom. The van der Waals surface area contributed by atoms with Crippen molar-refractivity contribution in [2.45, 2.75) is 29.9 Å². The summed E-state index contributed by atoms with van der Waals surface area (Å²) in [5, 5.41) is 8.94. The summed E-state index contributed by atoms with van der Waals surface area (Å²) >= 11 is 1.57. The quantitative estimate of drug-likeness (QED) is 0.771. The van der Waals surface area contributed by atoms with Gasteiger partial charge in [0.15, 0.2) is 11.5 Å².